The van der Waals surface area contributed by atoms with E-state index in [0.29, 0.717) is 6.42 Å². The number of aliphatic hydroxyl groups is 2. The smallest absolute Gasteiger partial charge is 0.393 e. The summed E-state index contributed by atoms with van der Waals surface area (Å²) in [5.41, 5.74) is 5.34. The molecule has 0 saturated heterocycles. The van der Waals surface area contributed by atoms with E-state index in [0.717, 1.165) is 51.4 Å². The minimum atomic E-state index is -4.39. The number of phosphoric ester groups is 1. The fraction of sp³-hybridized carbons (Fsp3) is 0.868. The molecule has 0 radical (unpaired) electrons. The molecule has 4 unspecified atom stereocenters. The molecule has 0 saturated carbocycles. The molecule has 0 bridgehead atoms. The molecule has 0 aliphatic heterocycles. The van der Waals surface area contributed by atoms with Crippen molar-refractivity contribution in [2.45, 2.75) is 193 Å². The van der Waals surface area contributed by atoms with E-state index in [1.165, 1.54) is 96.3 Å². The predicted molar refractivity (Wildman–Crippen MR) is 200 cm³/mol. The van der Waals surface area contributed by atoms with Gasteiger partial charge < -0.3 is 26.2 Å². The summed E-state index contributed by atoms with van der Waals surface area (Å²) >= 11 is 0. The standard InChI is InChI=1S/C38H75N2O7P/c1-3-5-7-9-11-13-15-16-17-18-20-21-23-25-27-29-35(41)33-38(43)40-36(34-47-48(44,45)46-32-31-39)37(42)30-28-26-24-22-19-14-12-10-8-6-4-2/h16-17,28,30,35-37,41-42H,3-15,18-27,29,31-34,39H2,1-2H3,(H,40,43)(H,44,45)/b17-16-,30-28+. The van der Waals surface area contributed by atoms with Crippen LogP contribution in [0.4, 0.5) is 0 Å². The molecule has 0 rings (SSSR count). The van der Waals surface area contributed by atoms with Crippen LogP contribution in [0.5, 0.6) is 0 Å². The van der Waals surface area contributed by atoms with Crippen LogP contribution in [0.3, 0.4) is 0 Å². The molecule has 1 amide bonds. The summed E-state index contributed by atoms with van der Waals surface area (Å²) in [6.45, 7) is 3.93. The maximum atomic E-state index is 12.7. The van der Waals surface area contributed by atoms with Crippen LogP contribution in [-0.2, 0) is 18.4 Å². The molecular weight excluding hydrogens is 627 g/mol. The van der Waals surface area contributed by atoms with Crippen molar-refractivity contribution >= 4 is 13.7 Å². The van der Waals surface area contributed by atoms with E-state index >= 15 is 0 Å². The Morgan fingerprint density at radius 2 is 1.17 bits per heavy atom. The Morgan fingerprint density at radius 3 is 1.67 bits per heavy atom. The molecule has 0 fully saturated rings. The lowest BCUT2D eigenvalue weighted by atomic mass is 10.0. The number of amides is 1. The molecule has 10 heteroatoms. The minimum absolute atomic E-state index is 0.0485. The summed E-state index contributed by atoms with van der Waals surface area (Å²) in [7, 11) is -4.39. The highest BCUT2D eigenvalue weighted by Gasteiger charge is 2.27. The van der Waals surface area contributed by atoms with Crippen molar-refractivity contribution in [2.24, 2.45) is 5.73 Å². The van der Waals surface area contributed by atoms with E-state index in [1.807, 2.05) is 6.08 Å². The summed E-state index contributed by atoms with van der Waals surface area (Å²) < 4.78 is 22.0. The summed E-state index contributed by atoms with van der Waals surface area (Å²) in [4.78, 5) is 22.6. The number of nitrogens with one attached hydrogen (secondary N) is 1. The highest BCUT2D eigenvalue weighted by atomic mass is 31.2. The SMILES string of the molecule is CCCCCCCC/C=C\CCCCCCCC(O)CC(=O)NC(COP(=O)(O)OCCN)C(O)/C=C/CCCCCCCCCCC. The van der Waals surface area contributed by atoms with E-state index in [-0.39, 0.29) is 19.6 Å². The number of allylic oxidation sites excluding steroid dienone is 3. The van der Waals surface area contributed by atoms with E-state index in [2.05, 4.69) is 31.3 Å². The van der Waals surface area contributed by atoms with Gasteiger partial charge in [0, 0.05) is 6.54 Å². The van der Waals surface area contributed by atoms with Gasteiger partial charge in [-0.2, -0.15) is 0 Å². The second-order valence-corrected chi connectivity index (χ2v) is 14.8. The average molecular weight is 703 g/mol. The Morgan fingerprint density at radius 1 is 0.708 bits per heavy atom. The molecule has 0 aromatic heterocycles. The van der Waals surface area contributed by atoms with Gasteiger partial charge in [-0.25, -0.2) is 4.57 Å². The van der Waals surface area contributed by atoms with Crippen LogP contribution in [0.1, 0.15) is 174 Å². The van der Waals surface area contributed by atoms with Gasteiger partial charge in [0.1, 0.15) is 0 Å². The number of rotatable bonds is 36. The summed E-state index contributed by atoms with van der Waals surface area (Å²) in [5.74, 6) is -0.453. The zero-order valence-electron chi connectivity index (χ0n) is 30.8. The van der Waals surface area contributed by atoms with Gasteiger partial charge in [-0.15, -0.1) is 0 Å². The predicted octanol–water partition coefficient (Wildman–Crippen LogP) is 9.19. The monoisotopic (exact) mass is 703 g/mol. The third kappa shape index (κ3) is 32.2. The first kappa shape index (κ1) is 46.9. The molecular formula is C38H75N2O7P. The second-order valence-electron chi connectivity index (χ2n) is 13.3. The highest BCUT2D eigenvalue weighted by molar-refractivity contribution is 7.47. The van der Waals surface area contributed by atoms with Crippen molar-refractivity contribution in [3.63, 3.8) is 0 Å². The molecule has 48 heavy (non-hydrogen) atoms. The topological polar surface area (TPSA) is 151 Å². The van der Waals surface area contributed by atoms with Crippen LogP contribution in [0.2, 0.25) is 0 Å². The molecule has 6 N–H and O–H groups in total. The molecule has 0 aromatic rings. The van der Waals surface area contributed by atoms with Gasteiger partial charge in [-0.1, -0.05) is 147 Å². The normalized spacial score (nSPS) is 15.2. The maximum Gasteiger partial charge on any atom is 0.472 e. The Kier molecular flexibility index (Phi) is 33.6. The van der Waals surface area contributed by atoms with Crippen molar-refractivity contribution in [3.05, 3.63) is 24.3 Å². The van der Waals surface area contributed by atoms with Crippen molar-refractivity contribution in [2.75, 3.05) is 19.8 Å². The number of carbonyl (C=O) groups is 1. The lowest BCUT2D eigenvalue weighted by molar-refractivity contribution is -0.124. The fourth-order valence-electron chi connectivity index (χ4n) is 5.58. The molecule has 284 valence electrons. The van der Waals surface area contributed by atoms with Crippen LogP contribution >= 0.6 is 7.82 Å². The van der Waals surface area contributed by atoms with E-state index in [9.17, 15) is 24.5 Å². The molecule has 0 aromatic carbocycles. The van der Waals surface area contributed by atoms with Crippen LogP contribution in [0.15, 0.2) is 24.3 Å². The largest absolute Gasteiger partial charge is 0.472 e. The quantitative estimate of drug-likeness (QED) is 0.0246. The van der Waals surface area contributed by atoms with E-state index in [1.54, 1.807) is 6.08 Å². The van der Waals surface area contributed by atoms with Crippen molar-refractivity contribution in [1.82, 2.24) is 5.32 Å². The van der Waals surface area contributed by atoms with Crippen molar-refractivity contribution in [1.29, 1.82) is 0 Å². The number of unbranched alkanes of at least 4 members (excludes halogenated alkanes) is 20. The zero-order valence-corrected chi connectivity index (χ0v) is 31.7. The summed E-state index contributed by atoms with van der Waals surface area (Å²) in [5, 5.41) is 23.9. The number of carbonyl (C=O) groups excluding carboxylic acids is 1. The van der Waals surface area contributed by atoms with Gasteiger partial charge in [-0.05, 0) is 44.9 Å². The van der Waals surface area contributed by atoms with Gasteiger partial charge in [0.05, 0.1) is 37.9 Å². The molecule has 4 atom stereocenters. The van der Waals surface area contributed by atoms with Crippen LogP contribution < -0.4 is 11.1 Å². The van der Waals surface area contributed by atoms with Crippen LogP contribution in [-0.4, -0.2) is 59.0 Å². The van der Waals surface area contributed by atoms with Gasteiger partial charge in [-0.3, -0.25) is 13.8 Å². The zero-order chi connectivity index (χ0) is 35.6. The molecule has 0 aliphatic carbocycles. The first-order chi connectivity index (χ1) is 23.3. The second kappa shape index (κ2) is 34.4. The highest BCUT2D eigenvalue weighted by Crippen LogP contribution is 2.43. The first-order valence-electron chi connectivity index (χ1n) is 19.5. The number of hydrogen-bond donors (Lipinski definition) is 5. The number of aliphatic hydroxyl groups excluding tert-OH is 2. The molecule has 0 aliphatic rings. The first-order valence-corrected chi connectivity index (χ1v) is 21.0. The van der Waals surface area contributed by atoms with Gasteiger partial charge in [0.2, 0.25) is 5.91 Å². The van der Waals surface area contributed by atoms with E-state index in [4.69, 9.17) is 14.8 Å². The maximum absolute atomic E-state index is 12.7. The Balaban J connectivity index is 4.39. The lowest BCUT2D eigenvalue weighted by Gasteiger charge is -2.24. The van der Waals surface area contributed by atoms with E-state index < -0.39 is 38.6 Å². The van der Waals surface area contributed by atoms with Crippen LogP contribution in [0, 0.1) is 0 Å². The Hall–Kier alpha value is -1.06. The fourth-order valence-corrected chi connectivity index (χ4v) is 6.34. The summed E-state index contributed by atoms with van der Waals surface area (Å²) in [6.07, 6.45) is 34.0. The lowest BCUT2D eigenvalue weighted by Crippen LogP contribution is -2.46. The molecule has 0 heterocycles. The Bertz CT molecular complexity index is 827. The average Bonchev–Trinajstić information content (AvgIpc) is 3.06. The van der Waals surface area contributed by atoms with Gasteiger partial charge in [0.25, 0.3) is 0 Å². The number of nitrogens with two attached hydrogens (primary N) is 1. The minimum Gasteiger partial charge on any atom is -0.393 e. The Labute approximate surface area is 294 Å². The number of phosphoric acid groups is 1. The molecule has 9 nitrogen and oxygen atoms in total. The third-order valence-electron chi connectivity index (χ3n) is 8.58. The number of hydrogen-bond acceptors (Lipinski definition) is 7. The molecule has 0 spiro atoms. The van der Waals surface area contributed by atoms with Crippen molar-refractivity contribution in [3.8, 4) is 0 Å². The summed E-state index contributed by atoms with van der Waals surface area (Å²) in [6, 6.07) is -0.981. The third-order valence-corrected chi connectivity index (χ3v) is 9.56. The van der Waals surface area contributed by atoms with Crippen molar-refractivity contribution < 1.29 is 33.5 Å². The van der Waals surface area contributed by atoms with Gasteiger partial charge in [0.15, 0.2) is 0 Å². The van der Waals surface area contributed by atoms with Gasteiger partial charge >= 0.3 is 7.82 Å². The van der Waals surface area contributed by atoms with Crippen LogP contribution in [0.25, 0.3) is 0 Å².